The fourth-order valence-electron chi connectivity index (χ4n) is 1.36. The lowest BCUT2D eigenvalue weighted by Gasteiger charge is -2.13. The molecule has 0 aromatic heterocycles. The van der Waals surface area contributed by atoms with Crippen molar-refractivity contribution in [3.63, 3.8) is 0 Å². The minimum atomic E-state index is -3.54. The van der Waals surface area contributed by atoms with Crippen LogP contribution in [0.25, 0.3) is 0 Å². The first-order valence-electron chi connectivity index (χ1n) is 5.14. The Morgan fingerprint density at radius 1 is 1.47 bits per heavy atom. The van der Waals surface area contributed by atoms with Crippen LogP contribution in [0.2, 0.25) is 5.02 Å². The molecular weight excluding hydrogens is 262 g/mol. The molecule has 0 heterocycles. The van der Waals surface area contributed by atoms with Crippen molar-refractivity contribution in [3.8, 4) is 0 Å². The van der Waals surface area contributed by atoms with Gasteiger partial charge in [-0.2, -0.15) is 0 Å². The summed E-state index contributed by atoms with van der Waals surface area (Å²) in [4.78, 5) is 0.163. The van der Waals surface area contributed by atoms with Gasteiger partial charge in [-0.15, -0.1) is 0 Å². The molecule has 1 rings (SSSR count). The van der Waals surface area contributed by atoms with Crippen LogP contribution < -0.4 is 4.72 Å². The highest BCUT2D eigenvalue weighted by Gasteiger charge is 2.17. The second-order valence-corrected chi connectivity index (χ2v) is 6.01. The quantitative estimate of drug-likeness (QED) is 0.895. The van der Waals surface area contributed by atoms with Crippen LogP contribution in [0.4, 0.5) is 0 Å². The summed E-state index contributed by atoms with van der Waals surface area (Å²) in [5, 5.41) is 0.437. The van der Waals surface area contributed by atoms with Gasteiger partial charge in [0.05, 0.1) is 11.5 Å². The van der Waals surface area contributed by atoms with Crippen molar-refractivity contribution in [1.82, 2.24) is 4.72 Å². The molecule has 1 atom stereocenters. The molecule has 0 radical (unpaired) electrons. The second-order valence-electron chi connectivity index (χ2n) is 3.89. The van der Waals surface area contributed by atoms with E-state index in [1.807, 2.05) is 6.92 Å². The van der Waals surface area contributed by atoms with Gasteiger partial charge >= 0.3 is 0 Å². The first kappa shape index (κ1) is 14.4. The summed E-state index contributed by atoms with van der Waals surface area (Å²) in [5.74, 6) is 0. The van der Waals surface area contributed by atoms with E-state index in [1.165, 1.54) is 19.2 Å². The Morgan fingerprint density at radius 3 is 2.65 bits per heavy atom. The minimum absolute atomic E-state index is 0.163. The molecule has 0 aliphatic heterocycles. The highest BCUT2D eigenvalue weighted by Crippen LogP contribution is 2.19. The van der Waals surface area contributed by atoms with Crippen molar-refractivity contribution in [2.45, 2.75) is 24.8 Å². The SMILES string of the molecule is COCC(C)NS(=O)(=O)c1ccc(C)c(Cl)c1. The maximum Gasteiger partial charge on any atom is 0.240 e. The van der Waals surface area contributed by atoms with Crippen molar-refractivity contribution in [2.75, 3.05) is 13.7 Å². The number of halogens is 1. The summed E-state index contributed by atoms with van der Waals surface area (Å²) in [6, 6.07) is 4.37. The summed E-state index contributed by atoms with van der Waals surface area (Å²) in [5.41, 5.74) is 0.843. The van der Waals surface area contributed by atoms with Crippen LogP contribution in [-0.4, -0.2) is 28.2 Å². The molecule has 0 spiro atoms. The third kappa shape index (κ3) is 3.96. The Hall–Kier alpha value is -0.620. The fourth-order valence-corrected chi connectivity index (χ4v) is 2.86. The topological polar surface area (TPSA) is 55.4 Å². The van der Waals surface area contributed by atoms with Crippen LogP contribution in [0.1, 0.15) is 12.5 Å². The molecule has 0 saturated carbocycles. The van der Waals surface area contributed by atoms with Gasteiger partial charge in [0.1, 0.15) is 0 Å². The maximum atomic E-state index is 12.0. The molecule has 0 amide bonds. The van der Waals surface area contributed by atoms with Crippen LogP contribution >= 0.6 is 11.6 Å². The zero-order chi connectivity index (χ0) is 13.1. The lowest BCUT2D eigenvalue weighted by molar-refractivity contribution is 0.180. The smallest absolute Gasteiger partial charge is 0.240 e. The molecule has 0 saturated heterocycles. The van der Waals surface area contributed by atoms with Gasteiger partial charge < -0.3 is 4.74 Å². The number of hydrogen-bond donors (Lipinski definition) is 1. The number of hydrogen-bond acceptors (Lipinski definition) is 3. The molecule has 1 aromatic rings. The van der Waals surface area contributed by atoms with Gasteiger partial charge in [0.15, 0.2) is 0 Å². The molecule has 96 valence electrons. The molecule has 6 heteroatoms. The number of ether oxygens (including phenoxy) is 1. The Balaban J connectivity index is 2.93. The van der Waals surface area contributed by atoms with Gasteiger partial charge in [-0.1, -0.05) is 17.7 Å². The number of rotatable bonds is 5. The molecule has 0 fully saturated rings. The van der Waals surface area contributed by atoms with Crippen molar-refractivity contribution < 1.29 is 13.2 Å². The Kier molecular flexibility index (Phi) is 4.94. The average Bonchev–Trinajstić information content (AvgIpc) is 2.21. The average molecular weight is 278 g/mol. The standard InChI is InChI=1S/C11H16ClNO3S/c1-8-4-5-10(6-11(8)12)17(14,15)13-9(2)7-16-3/h4-6,9,13H,7H2,1-3H3. The lowest BCUT2D eigenvalue weighted by atomic mass is 10.2. The number of aryl methyl sites for hydroxylation is 1. The zero-order valence-corrected chi connectivity index (χ0v) is 11.6. The summed E-state index contributed by atoms with van der Waals surface area (Å²) in [6.45, 7) is 3.87. The third-order valence-corrected chi connectivity index (χ3v) is 4.22. The largest absolute Gasteiger partial charge is 0.383 e. The van der Waals surface area contributed by atoms with E-state index in [2.05, 4.69) is 4.72 Å². The maximum absolute atomic E-state index is 12.0. The third-order valence-electron chi connectivity index (χ3n) is 2.23. The first-order chi connectivity index (χ1) is 7.86. The summed E-state index contributed by atoms with van der Waals surface area (Å²) < 4.78 is 31.3. The molecular formula is C11H16ClNO3S. The summed E-state index contributed by atoms with van der Waals surface area (Å²) >= 11 is 5.90. The first-order valence-corrected chi connectivity index (χ1v) is 7.00. The molecule has 17 heavy (non-hydrogen) atoms. The van der Waals surface area contributed by atoms with Gasteiger partial charge in [0.2, 0.25) is 10.0 Å². The van der Waals surface area contributed by atoms with Crippen molar-refractivity contribution >= 4 is 21.6 Å². The van der Waals surface area contributed by atoms with Crippen molar-refractivity contribution in [2.24, 2.45) is 0 Å². The number of nitrogens with one attached hydrogen (secondary N) is 1. The van der Waals surface area contributed by atoms with E-state index >= 15 is 0 Å². The van der Waals surface area contributed by atoms with Crippen LogP contribution in [0.15, 0.2) is 23.1 Å². The van der Waals surface area contributed by atoms with Crippen LogP contribution in [0.5, 0.6) is 0 Å². The monoisotopic (exact) mass is 277 g/mol. The molecule has 1 aromatic carbocycles. The van der Waals surface area contributed by atoms with Crippen LogP contribution in [-0.2, 0) is 14.8 Å². The van der Waals surface area contributed by atoms with E-state index in [0.29, 0.717) is 11.6 Å². The molecule has 0 aliphatic carbocycles. The van der Waals surface area contributed by atoms with E-state index in [1.54, 1.807) is 13.0 Å². The predicted molar refractivity (Wildman–Crippen MR) is 67.8 cm³/mol. The number of methoxy groups -OCH3 is 1. The van der Waals surface area contributed by atoms with E-state index < -0.39 is 10.0 Å². The number of sulfonamides is 1. The van der Waals surface area contributed by atoms with Gasteiger partial charge in [0.25, 0.3) is 0 Å². The van der Waals surface area contributed by atoms with Gasteiger partial charge in [0, 0.05) is 18.2 Å². The number of benzene rings is 1. The normalized spacial score (nSPS) is 13.6. The molecule has 1 unspecified atom stereocenters. The van der Waals surface area contributed by atoms with Gasteiger partial charge in [-0.3, -0.25) is 0 Å². The van der Waals surface area contributed by atoms with E-state index in [-0.39, 0.29) is 10.9 Å². The predicted octanol–water partition coefficient (Wildman–Crippen LogP) is 1.96. The summed E-state index contributed by atoms with van der Waals surface area (Å²) in [6.07, 6.45) is 0. The van der Waals surface area contributed by atoms with Crippen LogP contribution in [0, 0.1) is 6.92 Å². The second kappa shape index (κ2) is 5.82. The Morgan fingerprint density at radius 2 is 2.12 bits per heavy atom. The van der Waals surface area contributed by atoms with Gasteiger partial charge in [-0.05, 0) is 31.5 Å². The van der Waals surface area contributed by atoms with E-state index in [9.17, 15) is 8.42 Å². The van der Waals surface area contributed by atoms with E-state index in [0.717, 1.165) is 5.56 Å². The molecule has 4 nitrogen and oxygen atoms in total. The van der Waals surface area contributed by atoms with Gasteiger partial charge in [-0.25, -0.2) is 13.1 Å². The molecule has 1 N–H and O–H groups in total. The lowest BCUT2D eigenvalue weighted by Crippen LogP contribution is -2.35. The van der Waals surface area contributed by atoms with E-state index in [4.69, 9.17) is 16.3 Å². The highest BCUT2D eigenvalue weighted by atomic mass is 35.5. The zero-order valence-electron chi connectivity index (χ0n) is 10.0. The van der Waals surface area contributed by atoms with Crippen molar-refractivity contribution in [1.29, 1.82) is 0 Å². The highest BCUT2D eigenvalue weighted by molar-refractivity contribution is 7.89. The minimum Gasteiger partial charge on any atom is -0.383 e. The molecule has 0 aliphatic rings. The molecule has 0 bridgehead atoms. The Labute approximate surface area is 107 Å². The van der Waals surface area contributed by atoms with Crippen molar-refractivity contribution in [3.05, 3.63) is 28.8 Å². The summed E-state index contributed by atoms with van der Waals surface area (Å²) in [7, 11) is -2.01. The van der Waals surface area contributed by atoms with Crippen LogP contribution in [0.3, 0.4) is 0 Å². The Bertz CT molecular complexity index is 487. The fraction of sp³-hybridized carbons (Fsp3) is 0.455.